The smallest absolute Gasteiger partial charge is 0.180 e. The summed E-state index contributed by atoms with van der Waals surface area (Å²) < 4.78 is 2.23. The maximum atomic E-state index is 11.7. The van der Waals surface area contributed by atoms with Crippen molar-refractivity contribution in [3.63, 3.8) is 0 Å². The molecule has 98 valence electrons. The summed E-state index contributed by atoms with van der Waals surface area (Å²) in [5.41, 5.74) is 3.40. The first-order valence-electron chi connectivity index (χ1n) is 7.38. The van der Waals surface area contributed by atoms with Crippen LogP contribution in [-0.4, -0.2) is 15.6 Å². The number of hydrogen-bond acceptors (Lipinski definition) is 2. The fraction of sp³-hybridized carbons (Fsp3) is 0.733. The minimum atomic E-state index is 0.141. The molecule has 0 aliphatic heterocycles. The van der Waals surface area contributed by atoms with Crippen LogP contribution in [0.3, 0.4) is 0 Å². The lowest BCUT2D eigenvalue weighted by atomic mass is 9.92. The van der Waals surface area contributed by atoms with E-state index in [9.17, 15) is 4.79 Å². The second-order valence-corrected chi connectivity index (χ2v) is 5.77. The Morgan fingerprint density at radius 1 is 1.11 bits per heavy atom. The van der Waals surface area contributed by atoms with Crippen molar-refractivity contribution in [1.82, 2.24) is 9.78 Å². The number of fused-ring (bicyclic) bond motifs is 1. The van der Waals surface area contributed by atoms with Gasteiger partial charge in [0.1, 0.15) is 5.69 Å². The Hall–Kier alpha value is -1.12. The minimum Gasteiger partial charge on any atom is -0.293 e. The summed E-state index contributed by atoms with van der Waals surface area (Å²) in [5.74, 6) is 0.141. The summed E-state index contributed by atoms with van der Waals surface area (Å²) >= 11 is 0. The summed E-state index contributed by atoms with van der Waals surface area (Å²) in [4.78, 5) is 11.7. The number of carbonyl (C=O) groups excluding carboxylic acids is 1. The van der Waals surface area contributed by atoms with Gasteiger partial charge < -0.3 is 0 Å². The summed E-state index contributed by atoms with van der Waals surface area (Å²) in [6, 6.07) is 0.554. The Bertz CT molecular complexity index is 455. The van der Waals surface area contributed by atoms with Crippen LogP contribution in [-0.2, 0) is 12.8 Å². The van der Waals surface area contributed by atoms with E-state index in [0.717, 1.165) is 18.5 Å². The third-order valence-corrected chi connectivity index (χ3v) is 4.46. The monoisotopic (exact) mass is 246 g/mol. The lowest BCUT2D eigenvalue weighted by Crippen LogP contribution is -2.18. The lowest BCUT2D eigenvalue weighted by Gasteiger charge is -2.25. The molecule has 1 heterocycles. The van der Waals surface area contributed by atoms with Crippen LogP contribution in [0.5, 0.6) is 0 Å². The molecule has 1 fully saturated rings. The van der Waals surface area contributed by atoms with Gasteiger partial charge >= 0.3 is 0 Å². The van der Waals surface area contributed by atoms with Crippen molar-refractivity contribution in [2.45, 2.75) is 70.8 Å². The molecular weight excluding hydrogens is 224 g/mol. The molecule has 3 nitrogen and oxygen atoms in total. The maximum Gasteiger partial charge on any atom is 0.180 e. The fourth-order valence-corrected chi connectivity index (χ4v) is 3.54. The van der Waals surface area contributed by atoms with Crippen LogP contribution in [0.1, 0.15) is 79.7 Å². The van der Waals surface area contributed by atoms with Crippen molar-refractivity contribution in [3.05, 3.63) is 17.0 Å². The van der Waals surface area contributed by atoms with E-state index in [0.29, 0.717) is 6.04 Å². The highest BCUT2D eigenvalue weighted by Gasteiger charge is 2.27. The zero-order valence-electron chi connectivity index (χ0n) is 11.2. The van der Waals surface area contributed by atoms with Crippen LogP contribution in [0.15, 0.2) is 0 Å². The van der Waals surface area contributed by atoms with Crippen LogP contribution in [0.2, 0.25) is 0 Å². The zero-order valence-corrected chi connectivity index (χ0v) is 11.2. The van der Waals surface area contributed by atoms with Gasteiger partial charge in [-0.25, -0.2) is 0 Å². The molecule has 3 heteroatoms. The van der Waals surface area contributed by atoms with Gasteiger partial charge in [-0.2, -0.15) is 5.10 Å². The molecule has 0 bridgehead atoms. The van der Waals surface area contributed by atoms with Crippen LogP contribution >= 0.6 is 0 Å². The number of nitrogens with zero attached hydrogens (tertiary/aromatic N) is 2. The van der Waals surface area contributed by atoms with Crippen molar-refractivity contribution in [1.29, 1.82) is 0 Å². The number of hydrogen-bond donors (Lipinski definition) is 0. The van der Waals surface area contributed by atoms with E-state index in [4.69, 9.17) is 0 Å². The number of ketones is 1. The first-order chi connectivity index (χ1) is 8.77. The lowest BCUT2D eigenvalue weighted by molar-refractivity contribution is 0.101. The molecule has 0 N–H and O–H groups in total. The van der Waals surface area contributed by atoms with E-state index < -0.39 is 0 Å². The van der Waals surface area contributed by atoms with Crippen LogP contribution < -0.4 is 0 Å². The molecule has 0 saturated heterocycles. The van der Waals surface area contributed by atoms with Gasteiger partial charge in [0.15, 0.2) is 5.78 Å². The Kier molecular flexibility index (Phi) is 3.23. The molecule has 0 radical (unpaired) electrons. The van der Waals surface area contributed by atoms with Gasteiger partial charge in [0.2, 0.25) is 0 Å². The van der Waals surface area contributed by atoms with Gasteiger partial charge in [0.05, 0.1) is 6.04 Å². The van der Waals surface area contributed by atoms with Gasteiger partial charge in [-0.15, -0.1) is 0 Å². The van der Waals surface area contributed by atoms with Crippen molar-refractivity contribution >= 4 is 5.78 Å². The fourth-order valence-electron chi connectivity index (χ4n) is 3.54. The Balaban J connectivity index is 2.00. The molecule has 2 aliphatic rings. The summed E-state index contributed by atoms with van der Waals surface area (Å²) in [7, 11) is 0. The molecule has 18 heavy (non-hydrogen) atoms. The second-order valence-electron chi connectivity index (χ2n) is 5.77. The quantitative estimate of drug-likeness (QED) is 0.749. The highest BCUT2D eigenvalue weighted by atomic mass is 16.1. The topological polar surface area (TPSA) is 34.9 Å². The van der Waals surface area contributed by atoms with E-state index in [2.05, 4.69) is 9.78 Å². The molecule has 0 aromatic carbocycles. The average molecular weight is 246 g/mol. The van der Waals surface area contributed by atoms with Crippen LogP contribution in [0.4, 0.5) is 0 Å². The van der Waals surface area contributed by atoms with Crippen molar-refractivity contribution in [3.8, 4) is 0 Å². The van der Waals surface area contributed by atoms with Gasteiger partial charge in [0.25, 0.3) is 0 Å². The summed E-state index contributed by atoms with van der Waals surface area (Å²) in [5, 5.41) is 4.68. The predicted octanol–water partition coefficient (Wildman–Crippen LogP) is 3.47. The van der Waals surface area contributed by atoms with Crippen molar-refractivity contribution in [2.24, 2.45) is 0 Å². The molecule has 0 amide bonds. The van der Waals surface area contributed by atoms with Gasteiger partial charge in [0, 0.05) is 18.2 Å². The molecule has 0 atom stereocenters. The van der Waals surface area contributed by atoms with Gasteiger partial charge in [-0.05, 0) is 38.5 Å². The SMILES string of the molecule is CC(=O)c1nn(C2CCCCC2)c2c1CCCC2. The third kappa shape index (κ3) is 2.00. The third-order valence-electron chi connectivity index (χ3n) is 4.46. The summed E-state index contributed by atoms with van der Waals surface area (Å²) in [6.07, 6.45) is 11.1. The number of carbonyl (C=O) groups is 1. The number of rotatable bonds is 2. The van der Waals surface area contributed by atoms with E-state index in [1.54, 1.807) is 6.92 Å². The molecule has 2 aliphatic carbocycles. The molecular formula is C15H22N2O. The Morgan fingerprint density at radius 3 is 2.56 bits per heavy atom. The minimum absolute atomic E-state index is 0.141. The molecule has 3 rings (SSSR count). The van der Waals surface area contributed by atoms with Gasteiger partial charge in [-0.3, -0.25) is 9.48 Å². The normalized spacial score (nSPS) is 20.7. The van der Waals surface area contributed by atoms with Crippen LogP contribution in [0, 0.1) is 0 Å². The molecule has 0 unspecified atom stereocenters. The highest BCUT2D eigenvalue weighted by molar-refractivity contribution is 5.93. The maximum absolute atomic E-state index is 11.7. The number of Topliss-reactive ketones (excluding diaryl/α,β-unsaturated/α-hetero) is 1. The van der Waals surface area contributed by atoms with Crippen molar-refractivity contribution in [2.75, 3.05) is 0 Å². The first-order valence-corrected chi connectivity index (χ1v) is 7.38. The number of aromatic nitrogens is 2. The molecule has 0 spiro atoms. The van der Waals surface area contributed by atoms with E-state index in [1.165, 1.54) is 56.2 Å². The Morgan fingerprint density at radius 2 is 1.83 bits per heavy atom. The van der Waals surface area contributed by atoms with Crippen molar-refractivity contribution < 1.29 is 4.79 Å². The molecule has 1 aromatic rings. The molecule has 1 aromatic heterocycles. The first kappa shape index (κ1) is 11.9. The largest absolute Gasteiger partial charge is 0.293 e. The zero-order chi connectivity index (χ0) is 12.5. The van der Waals surface area contributed by atoms with E-state index >= 15 is 0 Å². The van der Waals surface area contributed by atoms with Crippen LogP contribution in [0.25, 0.3) is 0 Å². The predicted molar refractivity (Wildman–Crippen MR) is 71.0 cm³/mol. The summed E-state index contributed by atoms with van der Waals surface area (Å²) in [6.45, 7) is 1.66. The Labute approximate surface area is 109 Å². The van der Waals surface area contributed by atoms with Gasteiger partial charge in [-0.1, -0.05) is 19.3 Å². The second kappa shape index (κ2) is 4.87. The average Bonchev–Trinajstić information content (AvgIpc) is 2.79. The highest BCUT2D eigenvalue weighted by Crippen LogP contribution is 2.33. The molecule has 1 saturated carbocycles. The van der Waals surface area contributed by atoms with E-state index in [-0.39, 0.29) is 5.78 Å². The van der Waals surface area contributed by atoms with E-state index in [1.807, 2.05) is 0 Å². The standard InChI is InChI=1S/C15H22N2O/c1-11(18)15-13-9-5-6-10-14(13)17(16-15)12-7-3-2-4-8-12/h12H,2-10H2,1H3.